The van der Waals surface area contributed by atoms with Gasteiger partial charge in [-0.05, 0) is 31.4 Å². The predicted octanol–water partition coefficient (Wildman–Crippen LogP) is 2.32. The topological polar surface area (TPSA) is 144 Å². The third kappa shape index (κ3) is 7.40. The van der Waals surface area contributed by atoms with Gasteiger partial charge in [-0.25, -0.2) is 17.1 Å². The van der Waals surface area contributed by atoms with Crippen molar-refractivity contribution in [2.24, 2.45) is 5.73 Å². The lowest BCUT2D eigenvalue weighted by Crippen LogP contribution is -2.41. The van der Waals surface area contributed by atoms with Crippen molar-refractivity contribution in [3.8, 4) is 11.5 Å². The molecule has 1 aliphatic rings. The lowest BCUT2D eigenvalue weighted by molar-refractivity contribution is -0.131. The fourth-order valence-corrected chi connectivity index (χ4v) is 4.91. The highest BCUT2D eigenvalue weighted by Gasteiger charge is 2.30. The zero-order valence-corrected chi connectivity index (χ0v) is 21.9. The van der Waals surface area contributed by atoms with Crippen molar-refractivity contribution in [2.45, 2.75) is 38.5 Å². The molecule has 202 valence electrons. The smallest absolute Gasteiger partial charge is 0.254 e. The summed E-state index contributed by atoms with van der Waals surface area (Å²) in [5, 5.41) is 10.2. The second-order valence-corrected chi connectivity index (χ2v) is 10.7. The van der Waals surface area contributed by atoms with E-state index in [0.29, 0.717) is 30.8 Å². The molecule has 1 heterocycles. The first-order chi connectivity index (χ1) is 17.5. The SMILES string of the molecule is CCOc1cc(OC2CCN(S(C)(=O)=O)CC2)c(F)c([C@H](OC)C(=O)NCc2ccc(C(=N)N)cc2)c1. The molecule has 12 heteroatoms. The number of benzene rings is 2. The van der Waals surface area contributed by atoms with Gasteiger partial charge in [0.15, 0.2) is 17.7 Å². The van der Waals surface area contributed by atoms with Gasteiger partial charge in [-0.15, -0.1) is 0 Å². The van der Waals surface area contributed by atoms with Crippen LogP contribution in [0.2, 0.25) is 0 Å². The lowest BCUT2D eigenvalue weighted by Gasteiger charge is -2.31. The number of nitrogens with one attached hydrogen (secondary N) is 2. The van der Waals surface area contributed by atoms with Gasteiger partial charge in [-0.3, -0.25) is 10.2 Å². The molecule has 1 amide bonds. The van der Waals surface area contributed by atoms with Gasteiger partial charge in [-0.2, -0.15) is 0 Å². The van der Waals surface area contributed by atoms with Crippen LogP contribution in [0.15, 0.2) is 36.4 Å². The molecule has 2 aromatic rings. The van der Waals surface area contributed by atoms with E-state index < -0.39 is 34.0 Å². The van der Waals surface area contributed by atoms with E-state index in [9.17, 15) is 13.2 Å². The van der Waals surface area contributed by atoms with Crippen molar-refractivity contribution >= 4 is 21.8 Å². The van der Waals surface area contributed by atoms with E-state index in [4.69, 9.17) is 25.4 Å². The molecule has 2 aromatic carbocycles. The maximum Gasteiger partial charge on any atom is 0.254 e. The Bertz CT molecular complexity index is 1210. The maximum atomic E-state index is 15.6. The number of nitrogens with zero attached hydrogens (tertiary/aromatic N) is 1. The molecule has 0 radical (unpaired) electrons. The van der Waals surface area contributed by atoms with Crippen molar-refractivity contribution in [3.05, 3.63) is 58.9 Å². The average molecular weight is 537 g/mol. The Morgan fingerprint density at radius 3 is 2.43 bits per heavy atom. The highest BCUT2D eigenvalue weighted by atomic mass is 32.2. The highest BCUT2D eigenvalue weighted by molar-refractivity contribution is 7.88. The van der Waals surface area contributed by atoms with Gasteiger partial charge in [0.25, 0.3) is 5.91 Å². The molecule has 0 unspecified atom stereocenters. The molecule has 0 saturated carbocycles. The van der Waals surface area contributed by atoms with Crippen LogP contribution in [0.4, 0.5) is 4.39 Å². The van der Waals surface area contributed by atoms with Crippen LogP contribution in [-0.2, 0) is 26.1 Å². The Morgan fingerprint density at radius 2 is 1.89 bits per heavy atom. The first-order valence-corrected chi connectivity index (χ1v) is 13.7. The van der Waals surface area contributed by atoms with Crippen LogP contribution in [0, 0.1) is 11.2 Å². The summed E-state index contributed by atoms with van der Waals surface area (Å²) in [5.74, 6) is -1.14. The molecular weight excluding hydrogens is 503 g/mol. The number of hydrogen-bond acceptors (Lipinski definition) is 7. The molecule has 37 heavy (non-hydrogen) atoms. The van der Waals surface area contributed by atoms with Gasteiger partial charge >= 0.3 is 0 Å². The molecule has 4 N–H and O–H groups in total. The third-order valence-corrected chi connectivity index (χ3v) is 7.31. The second-order valence-electron chi connectivity index (χ2n) is 8.68. The summed E-state index contributed by atoms with van der Waals surface area (Å²) in [6, 6.07) is 9.64. The molecule has 1 fully saturated rings. The van der Waals surface area contributed by atoms with Crippen molar-refractivity contribution in [2.75, 3.05) is 33.1 Å². The summed E-state index contributed by atoms with van der Waals surface area (Å²) in [6.07, 6.45) is 0.286. The molecule has 1 aliphatic heterocycles. The summed E-state index contributed by atoms with van der Waals surface area (Å²) in [4.78, 5) is 13.0. The maximum absolute atomic E-state index is 15.6. The molecule has 0 bridgehead atoms. The predicted molar refractivity (Wildman–Crippen MR) is 137 cm³/mol. The molecule has 0 aromatic heterocycles. The molecule has 0 aliphatic carbocycles. The molecule has 1 saturated heterocycles. The van der Waals surface area contributed by atoms with E-state index >= 15 is 4.39 Å². The Morgan fingerprint density at radius 1 is 1.24 bits per heavy atom. The molecule has 1 atom stereocenters. The van der Waals surface area contributed by atoms with Crippen molar-refractivity contribution < 1.29 is 31.8 Å². The van der Waals surface area contributed by atoms with Crippen LogP contribution in [0.5, 0.6) is 11.5 Å². The van der Waals surface area contributed by atoms with Crippen molar-refractivity contribution in [1.29, 1.82) is 5.41 Å². The van der Waals surface area contributed by atoms with Crippen LogP contribution in [0.1, 0.15) is 42.6 Å². The summed E-state index contributed by atoms with van der Waals surface area (Å²) >= 11 is 0. The van der Waals surface area contributed by atoms with E-state index in [1.54, 1.807) is 31.2 Å². The number of piperidine rings is 1. The number of halogens is 1. The molecular formula is C25H33FN4O6S. The fourth-order valence-electron chi connectivity index (χ4n) is 4.04. The van der Waals surface area contributed by atoms with Crippen LogP contribution in [0.3, 0.4) is 0 Å². The van der Waals surface area contributed by atoms with E-state index in [2.05, 4.69) is 5.32 Å². The summed E-state index contributed by atoms with van der Waals surface area (Å²) in [7, 11) is -1.99. The number of nitrogen functional groups attached to an aromatic ring is 1. The first kappa shape index (κ1) is 28.4. The van der Waals surface area contributed by atoms with E-state index in [1.165, 1.54) is 23.5 Å². The van der Waals surface area contributed by atoms with Gasteiger partial charge < -0.3 is 25.3 Å². The zero-order valence-electron chi connectivity index (χ0n) is 21.1. The lowest BCUT2D eigenvalue weighted by atomic mass is 10.1. The fraction of sp³-hybridized carbons (Fsp3) is 0.440. The van der Waals surface area contributed by atoms with Crippen molar-refractivity contribution in [1.82, 2.24) is 9.62 Å². The molecule has 0 spiro atoms. The van der Waals surface area contributed by atoms with Gasteiger partial charge in [0.05, 0.1) is 12.9 Å². The normalized spacial score (nSPS) is 15.7. The first-order valence-electron chi connectivity index (χ1n) is 11.8. The van der Waals surface area contributed by atoms with Crippen LogP contribution in [0.25, 0.3) is 0 Å². The quantitative estimate of drug-likeness (QED) is 0.295. The minimum atomic E-state index is -3.30. The van der Waals surface area contributed by atoms with E-state index in [-0.39, 0.29) is 36.8 Å². The van der Waals surface area contributed by atoms with Gasteiger partial charge in [0.1, 0.15) is 17.7 Å². The van der Waals surface area contributed by atoms with Crippen LogP contribution >= 0.6 is 0 Å². The number of carbonyl (C=O) groups is 1. The molecule has 10 nitrogen and oxygen atoms in total. The van der Waals surface area contributed by atoms with E-state index in [0.717, 1.165) is 11.8 Å². The third-order valence-electron chi connectivity index (χ3n) is 6.00. The summed E-state index contributed by atoms with van der Waals surface area (Å²) in [5.41, 5.74) is 6.75. The second kappa shape index (κ2) is 12.3. The van der Waals surface area contributed by atoms with Crippen molar-refractivity contribution in [3.63, 3.8) is 0 Å². The summed E-state index contributed by atoms with van der Waals surface area (Å²) < 4.78 is 57.4. The zero-order chi connectivity index (χ0) is 27.2. The minimum Gasteiger partial charge on any atom is -0.494 e. The van der Waals surface area contributed by atoms with E-state index in [1.807, 2.05) is 0 Å². The monoisotopic (exact) mass is 536 g/mol. The Balaban J connectivity index is 1.77. The number of methoxy groups -OCH3 is 1. The Kier molecular flexibility index (Phi) is 9.46. The highest BCUT2D eigenvalue weighted by Crippen LogP contribution is 2.34. The number of ether oxygens (including phenoxy) is 3. The number of nitrogens with two attached hydrogens (primary N) is 1. The Hall–Kier alpha value is -3.22. The number of carbonyl (C=O) groups excluding carboxylic acids is 1. The van der Waals surface area contributed by atoms with Gasteiger partial charge in [-0.1, -0.05) is 24.3 Å². The number of rotatable bonds is 11. The molecule has 3 rings (SSSR count). The van der Waals surface area contributed by atoms with Crippen LogP contribution in [-0.4, -0.2) is 63.6 Å². The largest absolute Gasteiger partial charge is 0.494 e. The van der Waals surface area contributed by atoms with Gasteiger partial charge in [0, 0.05) is 43.9 Å². The minimum absolute atomic E-state index is 0.0403. The Labute approximate surface area is 216 Å². The van der Waals surface area contributed by atoms with Crippen LogP contribution < -0.4 is 20.5 Å². The van der Waals surface area contributed by atoms with Gasteiger partial charge in [0.2, 0.25) is 10.0 Å². The number of hydrogen-bond donors (Lipinski definition) is 3. The number of amidine groups is 1. The summed E-state index contributed by atoms with van der Waals surface area (Å²) in [6.45, 7) is 2.81. The average Bonchev–Trinajstić information content (AvgIpc) is 2.86. The standard InChI is InChI=1S/C25H33FN4O6S/c1-4-35-19-13-20(22(26)21(14-19)36-18-9-11-30(12-10-18)37(3,32)33)23(34-2)25(31)29-15-16-5-7-17(8-6-16)24(27)28/h5-8,13-14,18,23H,4,9-12,15H2,1-3H3,(H3,27,28)(H,29,31)/t23-/m0/s1. The number of sulfonamides is 1. The number of amides is 1.